The molecule has 0 saturated heterocycles. The van der Waals surface area contributed by atoms with Gasteiger partial charge in [0.1, 0.15) is 11.6 Å². The van der Waals surface area contributed by atoms with Crippen molar-refractivity contribution in [1.82, 2.24) is 19.1 Å². The number of fused-ring (bicyclic) bond motifs is 10. The van der Waals surface area contributed by atoms with Gasteiger partial charge >= 0.3 is 0 Å². The molecule has 17 aromatic rings. The molecule has 0 fully saturated rings. The van der Waals surface area contributed by atoms with Crippen molar-refractivity contribution in [1.29, 1.82) is 0 Å². The molecule has 2 aromatic heterocycles. The highest BCUT2D eigenvalue weighted by Gasteiger charge is 2.23. The van der Waals surface area contributed by atoms with Crippen LogP contribution in [-0.2, 0) is 0 Å². The van der Waals surface area contributed by atoms with Crippen molar-refractivity contribution in [3.8, 4) is 67.0 Å². The molecular weight excluding hydrogens is 1020 g/mol. The fraction of sp³-hybridized carbons (Fsp3) is 0.0250. The molecule has 4 heteroatoms. The minimum atomic E-state index is 0.961. The van der Waals surface area contributed by atoms with Gasteiger partial charge in [-0.3, -0.25) is 9.13 Å². The van der Waals surface area contributed by atoms with E-state index in [0.717, 1.165) is 67.3 Å². The van der Waals surface area contributed by atoms with Crippen LogP contribution in [-0.4, -0.2) is 19.1 Å². The van der Waals surface area contributed by atoms with E-state index in [9.17, 15) is 0 Å². The molecule has 84 heavy (non-hydrogen) atoms. The molecule has 0 aliphatic rings. The summed E-state index contributed by atoms with van der Waals surface area (Å²) in [5.41, 5.74) is 18.3. The highest BCUT2D eigenvalue weighted by atomic mass is 15.1. The second kappa shape index (κ2) is 18.8. The first-order chi connectivity index (χ1) is 41.5. The van der Waals surface area contributed by atoms with E-state index in [1.807, 2.05) is 0 Å². The topological polar surface area (TPSA) is 35.6 Å². The van der Waals surface area contributed by atoms with E-state index >= 15 is 0 Å². The fourth-order valence-electron chi connectivity index (χ4n) is 14.0. The average molecular weight is 1070 g/mol. The first-order valence-corrected chi connectivity index (χ1v) is 29.0. The van der Waals surface area contributed by atoms with Gasteiger partial charge in [0, 0.05) is 11.4 Å². The van der Waals surface area contributed by atoms with Crippen LogP contribution in [0.2, 0.25) is 0 Å². The Hall–Kier alpha value is -10.9. The Morgan fingerprint density at radius 2 is 0.619 bits per heavy atom. The molecule has 0 spiro atoms. The molecule has 0 aliphatic heterocycles. The molecule has 392 valence electrons. The Balaban J connectivity index is 0.927. The standard InChI is InChI=1S/C80H52N4/c1-49-81-73-27-13-15-29-75(73)83(49)59-39-33-52(34-40-59)77-64-23-9-10-24-65(64)79(58-32-31-51-17-3-4-18-54(51)45-58)68-43-37-55(46-71(68)77)56-38-44-69-72(47-56)78(53-35-41-60(42-36-53)84-50(2)82-74-28-14-16-30-76(74)84)66-25-11-12-26-67(66)80(69)70-48-57-19-5-6-20-61(57)62-21-7-8-22-63(62)70/h3-48H,1-2H3. The SMILES string of the molecule is Cc1nc2ccccc2n1-c1ccc(-c2c3ccccc3c(-c3ccc4ccccc4c3)c3ccc(-c4ccc5c(-c6cc7ccccc7c7ccccc67)c6ccccc6c(-c6ccc(-n7c(C)nc8ccccc87)cc6)c5c4)cc23)cc1. The van der Waals surface area contributed by atoms with E-state index in [2.05, 4.69) is 302 Å². The van der Waals surface area contributed by atoms with Crippen LogP contribution in [0.1, 0.15) is 11.6 Å². The maximum absolute atomic E-state index is 4.94. The number of benzene rings is 15. The Morgan fingerprint density at radius 3 is 1.17 bits per heavy atom. The summed E-state index contributed by atoms with van der Waals surface area (Å²) in [4.78, 5) is 9.87. The number of hydrogen-bond donors (Lipinski definition) is 0. The number of hydrogen-bond acceptors (Lipinski definition) is 2. The van der Waals surface area contributed by atoms with Crippen LogP contribution in [0, 0.1) is 13.8 Å². The third kappa shape index (κ3) is 7.40. The smallest absolute Gasteiger partial charge is 0.111 e. The van der Waals surface area contributed by atoms with Gasteiger partial charge in [0.25, 0.3) is 0 Å². The lowest BCUT2D eigenvalue weighted by molar-refractivity contribution is 1.00. The Morgan fingerprint density at radius 1 is 0.238 bits per heavy atom. The summed E-state index contributed by atoms with van der Waals surface area (Å²) in [5, 5.41) is 17.1. The lowest BCUT2D eigenvalue weighted by atomic mass is 9.82. The van der Waals surface area contributed by atoms with E-state index in [1.165, 1.54) is 109 Å². The molecule has 0 saturated carbocycles. The number of para-hydroxylation sites is 4. The van der Waals surface area contributed by atoms with E-state index in [1.54, 1.807) is 0 Å². The lowest BCUT2D eigenvalue weighted by Crippen LogP contribution is -1.97. The highest BCUT2D eigenvalue weighted by molar-refractivity contribution is 6.27. The third-order valence-electron chi connectivity index (χ3n) is 17.7. The van der Waals surface area contributed by atoms with E-state index in [4.69, 9.17) is 9.97 Å². The number of aryl methyl sites for hydroxylation is 2. The van der Waals surface area contributed by atoms with Crippen molar-refractivity contribution < 1.29 is 0 Å². The van der Waals surface area contributed by atoms with Crippen molar-refractivity contribution >= 4 is 97.5 Å². The third-order valence-corrected chi connectivity index (χ3v) is 17.7. The summed E-state index contributed by atoms with van der Waals surface area (Å²) < 4.78 is 4.53. The van der Waals surface area contributed by atoms with Crippen LogP contribution in [0.25, 0.3) is 164 Å². The maximum Gasteiger partial charge on any atom is 0.111 e. The summed E-state index contributed by atoms with van der Waals surface area (Å²) in [7, 11) is 0. The molecule has 0 unspecified atom stereocenters. The number of imidazole rings is 2. The molecule has 0 aliphatic carbocycles. The van der Waals surface area contributed by atoms with Gasteiger partial charge in [-0.1, -0.05) is 206 Å². The van der Waals surface area contributed by atoms with Gasteiger partial charge in [0.05, 0.1) is 22.1 Å². The molecule has 0 radical (unpaired) electrons. The molecule has 4 nitrogen and oxygen atoms in total. The molecule has 0 atom stereocenters. The normalized spacial score (nSPS) is 11.9. The Kier molecular flexibility index (Phi) is 10.7. The van der Waals surface area contributed by atoms with E-state index in [0.29, 0.717) is 0 Å². The zero-order valence-electron chi connectivity index (χ0n) is 46.3. The monoisotopic (exact) mass is 1070 g/mol. The molecular formula is C80H52N4. The van der Waals surface area contributed by atoms with Gasteiger partial charge in [-0.15, -0.1) is 0 Å². The first-order valence-electron chi connectivity index (χ1n) is 29.0. The summed E-state index contributed by atoms with van der Waals surface area (Å²) >= 11 is 0. The molecule has 0 amide bonds. The Labute approximate surface area is 485 Å². The van der Waals surface area contributed by atoms with Gasteiger partial charge < -0.3 is 0 Å². The number of aromatic nitrogens is 4. The summed E-state index contributed by atoms with van der Waals surface area (Å²) in [6.45, 7) is 4.18. The minimum absolute atomic E-state index is 0.961. The maximum atomic E-state index is 4.94. The number of nitrogens with zero attached hydrogens (tertiary/aromatic N) is 4. The average Bonchev–Trinajstić information content (AvgIpc) is 1.40. The zero-order chi connectivity index (χ0) is 55.6. The van der Waals surface area contributed by atoms with Crippen molar-refractivity contribution in [2.24, 2.45) is 0 Å². The predicted molar refractivity (Wildman–Crippen MR) is 355 cm³/mol. The largest absolute Gasteiger partial charge is 0.297 e. The quantitative estimate of drug-likeness (QED) is 0.118. The van der Waals surface area contributed by atoms with Gasteiger partial charge in [0.2, 0.25) is 0 Å². The summed E-state index contributed by atoms with van der Waals surface area (Å²) in [5.74, 6) is 1.92. The number of rotatable bonds is 7. The second-order valence-corrected chi connectivity index (χ2v) is 22.4. The molecule has 15 aromatic carbocycles. The Bertz CT molecular complexity index is 5570. The van der Waals surface area contributed by atoms with Gasteiger partial charge in [0.15, 0.2) is 0 Å². The van der Waals surface area contributed by atoms with Crippen molar-refractivity contribution in [3.63, 3.8) is 0 Å². The minimum Gasteiger partial charge on any atom is -0.297 e. The zero-order valence-corrected chi connectivity index (χ0v) is 46.3. The van der Waals surface area contributed by atoms with Crippen molar-refractivity contribution in [2.45, 2.75) is 13.8 Å². The summed E-state index contributed by atoms with van der Waals surface area (Å²) in [6, 6.07) is 103. The van der Waals surface area contributed by atoms with E-state index < -0.39 is 0 Å². The lowest BCUT2D eigenvalue weighted by Gasteiger charge is -2.21. The second-order valence-electron chi connectivity index (χ2n) is 22.4. The predicted octanol–water partition coefficient (Wildman–Crippen LogP) is 21.4. The van der Waals surface area contributed by atoms with Crippen molar-refractivity contribution in [2.75, 3.05) is 0 Å². The molecule has 0 bridgehead atoms. The van der Waals surface area contributed by atoms with Gasteiger partial charge in [-0.2, -0.15) is 0 Å². The highest BCUT2D eigenvalue weighted by Crippen LogP contribution is 2.50. The van der Waals surface area contributed by atoms with Crippen LogP contribution < -0.4 is 0 Å². The van der Waals surface area contributed by atoms with Gasteiger partial charge in [-0.05, 0) is 218 Å². The molecule has 0 N–H and O–H groups in total. The van der Waals surface area contributed by atoms with Crippen LogP contribution in [0.3, 0.4) is 0 Å². The van der Waals surface area contributed by atoms with Crippen LogP contribution >= 0.6 is 0 Å². The van der Waals surface area contributed by atoms with Gasteiger partial charge in [-0.25, -0.2) is 9.97 Å². The first kappa shape index (κ1) is 47.8. The summed E-state index contributed by atoms with van der Waals surface area (Å²) in [6.07, 6.45) is 0. The van der Waals surface area contributed by atoms with E-state index in [-0.39, 0.29) is 0 Å². The molecule has 2 heterocycles. The fourth-order valence-corrected chi connectivity index (χ4v) is 14.0. The van der Waals surface area contributed by atoms with Crippen LogP contribution in [0.5, 0.6) is 0 Å². The van der Waals surface area contributed by atoms with Crippen LogP contribution in [0.4, 0.5) is 0 Å². The van der Waals surface area contributed by atoms with Crippen LogP contribution in [0.15, 0.2) is 279 Å². The van der Waals surface area contributed by atoms with Crippen molar-refractivity contribution in [3.05, 3.63) is 291 Å². The molecule has 17 rings (SSSR count).